The van der Waals surface area contributed by atoms with Gasteiger partial charge in [-0.3, -0.25) is 10.2 Å². The van der Waals surface area contributed by atoms with E-state index >= 15 is 0 Å². The number of thioether (sulfide) groups is 1. The average Bonchev–Trinajstić information content (AvgIpc) is 2.30. The maximum atomic E-state index is 13.7. The van der Waals surface area contributed by atoms with E-state index in [-0.39, 0.29) is 16.9 Å². The lowest BCUT2D eigenvalue weighted by Gasteiger charge is -2.08. The maximum Gasteiger partial charge on any atom is 0.221 e. The van der Waals surface area contributed by atoms with Gasteiger partial charge in [-0.15, -0.1) is 0 Å². The van der Waals surface area contributed by atoms with Crippen molar-refractivity contribution < 1.29 is 9.18 Å². The molecule has 19 heavy (non-hydrogen) atoms. The molecule has 0 radical (unpaired) electrons. The minimum absolute atomic E-state index is 0.0246. The Morgan fingerprint density at radius 1 is 1.53 bits per heavy atom. The van der Waals surface area contributed by atoms with Crippen molar-refractivity contribution in [3.63, 3.8) is 0 Å². The first kappa shape index (κ1) is 15.2. The van der Waals surface area contributed by atoms with Gasteiger partial charge in [0.2, 0.25) is 5.91 Å². The molecule has 1 rings (SSSR count). The Balaban J connectivity index is 2.91. The van der Waals surface area contributed by atoms with Crippen molar-refractivity contribution >= 4 is 34.1 Å². The fraction of sp³-hybridized carbons (Fsp3) is 0.231. The first-order valence-electron chi connectivity index (χ1n) is 5.61. The second-order valence-electron chi connectivity index (χ2n) is 3.94. The lowest BCUT2D eigenvalue weighted by Crippen LogP contribution is -2.06. The summed E-state index contributed by atoms with van der Waals surface area (Å²) in [5.74, 6) is -0.0488. The molecule has 0 saturated heterocycles. The molecular formula is C13H16FN3OS. The smallest absolute Gasteiger partial charge is 0.221 e. The third kappa shape index (κ3) is 5.13. The molecule has 0 fully saturated rings. The molecule has 0 bridgehead atoms. The zero-order valence-corrected chi connectivity index (χ0v) is 11.6. The molecule has 0 aliphatic carbocycles. The molecule has 102 valence electrons. The summed E-state index contributed by atoms with van der Waals surface area (Å²) in [5.41, 5.74) is 6.93. The van der Waals surface area contributed by atoms with Crippen LogP contribution < -0.4 is 11.1 Å². The van der Waals surface area contributed by atoms with Gasteiger partial charge in [0.1, 0.15) is 5.82 Å². The van der Waals surface area contributed by atoms with Gasteiger partial charge in [0.25, 0.3) is 0 Å². The number of anilines is 1. The van der Waals surface area contributed by atoms with Crippen molar-refractivity contribution in [3.8, 4) is 0 Å². The second-order valence-corrected chi connectivity index (χ2v) is 5.00. The highest BCUT2D eigenvalue weighted by atomic mass is 32.2. The quantitative estimate of drug-likeness (QED) is 0.586. The number of halogens is 1. The van der Waals surface area contributed by atoms with Gasteiger partial charge < -0.3 is 11.1 Å². The van der Waals surface area contributed by atoms with Gasteiger partial charge in [0, 0.05) is 23.9 Å². The van der Waals surface area contributed by atoms with Crippen LogP contribution in [0.4, 0.5) is 10.1 Å². The molecule has 1 aromatic rings. The molecule has 6 heteroatoms. The van der Waals surface area contributed by atoms with Crippen LogP contribution in [0.2, 0.25) is 0 Å². The monoisotopic (exact) mass is 281 g/mol. The number of nitrogens with one attached hydrogen (secondary N) is 2. The Morgan fingerprint density at radius 2 is 2.21 bits per heavy atom. The van der Waals surface area contributed by atoms with Crippen molar-refractivity contribution in [2.45, 2.75) is 13.8 Å². The number of benzene rings is 1. The van der Waals surface area contributed by atoms with Gasteiger partial charge in [-0.1, -0.05) is 17.8 Å². The Kier molecular flexibility index (Phi) is 5.57. The van der Waals surface area contributed by atoms with Crippen LogP contribution in [0.15, 0.2) is 24.3 Å². The van der Waals surface area contributed by atoms with E-state index < -0.39 is 0 Å². The predicted molar refractivity (Wildman–Crippen MR) is 78.7 cm³/mol. The first-order chi connectivity index (χ1) is 8.90. The SMILES string of the molecule is CC(=O)Nc1ccc(F)c(/C(C)=C/CSC(=N)N)c1. The molecule has 4 nitrogen and oxygen atoms in total. The lowest BCUT2D eigenvalue weighted by atomic mass is 10.1. The number of carbonyl (C=O) groups is 1. The second kappa shape index (κ2) is 6.94. The van der Waals surface area contributed by atoms with Crippen LogP contribution in [0, 0.1) is 11.2 Å². The summed E-state index contributed by atoms with van der Waals surface area (Å²) < 4.78 is 13.7. The number of carbonyl (C=O) groups excluding carboxylic acids is 1. The van der Waals surface area contributed by atoms with Crippen molar-refractivity contribution in [3.05, 3.63) is 35.7 Å². The van der Waals surface area contributed by atoms with Crippen molar-refractivity contribution in [2.24, 2.45) is 5.73 Å². The number of hydrogen-bond acceptors (Lipinski definition) is 3. The lowest BCUT2D eigenvalue weighted by molar-refractivity contribution is -0.114. The summed E-state index contributed by atoms with van der Waals surface area (Å²) in [6.07, 6.45) is 1.79. The third-order valence-corrected chi connectivity index (χ3v) is 2.98. The number of hydrogen-bond donors (Lipinski definition) is 3. The molecule has 0 unspecified atom stereocenters. The van der Waals surface area contributed by atoms with Crippen molar-refractivity contribution in [1.29, 1.82) is 5.41 Å². The van der Waals surface area contributed by atoms with Gasteiger partial charge in [0.15, 0.2) is 5.17 Å². The molecule has 0 spiro atoms. The normalized spacial score (nSPS) is 11.2. The minimum Gasteiger partial charge on any atom is -0.379 e. The van der Waals surface area contributed by atoms with Crippen molar-refractivity contribution in [1.82, 2.24) is 0 Å². The van der Waals surface area contributed by atoms with E-state index in [2.05, 4.69) is 5.32 Å². The van der Waals surface area contributed by atoms with Crippen LogP contribution in [0.5, 0.6) is 0 Å². The van der Waals surface area contributed by atoms with Crippen molar-refractivity contribution in [2.75, 3.05) is 11.1 Å². The van der Waals surface area contributed by atoms with Crippen LogP contribution >= 0.6 is 11.8 Å². The topological polar surface area (TPSA) is 79.0 Å². The molecule has 4 N–H and O–H groups in total. The number of amides is 1. The number of nitrogens with two attached hydrogens (primary N) is 1. The highest BCUT2D eigenvalue weighted by molar-refractivity contribution is 8.13. The Hall–Kier alpha value is -1.82. The summed E-state index contributed by atoms with van der Waals surface area (Å²) in [4.78, 5) is 11.0. The van der Waals surface area contributed by atoms with E-state index in [9.17, 15) is 9.18 Å². The highest BCUT2D eigenvalue weighted by Crippen LogP contribution is 2.22. The minimum atomic E-state index is -0.351. The zero-order chi connectivity index (χ0) is 14.4. The molecule has 1 aromatic carbocycles. The van der Waals surface area contributed by atoms with E-state index in [1.165, 1.54) is 30.8 Å². The van der Waals surface area contributed by atoms with Crippen LogP contribution in [0.3, 0.4) is 0 Å². The number of amidine groups is 1. The van der Waals surface area contributed by atoms with Gasteiger partial charge in [-0.2, -0.15) is 0 Å². The molecule has 0 heterocycles. The zero-order valence-electron chi connectivity index (χ0n) is 10.8. The summed E-state index contributed by atoms with van der Waals surface area (Å²) in [6.45, 7) is 3.17. The van der Waals surface area contributed by atoms with E-state index in [4.69, 9.17) is 11.1 Å². The number of allylic oxidation sites excluding steroid dienone is 1. The molecule has 0 aliphatic heterocycles. The van der Waals surface area contributed by atoms with E-state index in [0.29, 0.717) is 17.0 Å². The molecule has 1 amide bonds. The van der Waals surface area contributed by atoms with Gasteiger partial charge in [-0.25, -0.2) is 4.39 Å². The molecular weight excluding hydrogens is 265 g/mol. The Labute approximate surface area is 115 Å². The van der Waals surface area contributed by atoms with Crippen LogP contribution in [-0.2, 0) is 4.79 Å². The Morgan fingerprint density at radius 3 is 2.79 bits per heavy atom. The summed E-state index contributed by atoms with van der Waals surface area (Å²) in [5, 5.41) is 9.72. The van der Waals surface area contributed by atoms with E-state index in [1.807, 2.05) is 0 Å². The molecule has 0 aliphatic rings. The largest absolute Gasteiger partial charge is 0.379 e. The standard InChI is InChI=1S/C13H16FN3OS/c1-8(5-6-19-13(15)16)11-7-10(17-9(2)18)3-4-12(11)14/h3-5,7H,6H2,1-2H3,(H3,15,16)(H,17,18)/b8-5+. The molecule has 0 aromatic heterocycles. The van der Waals surface area contributed by atoms with Crippen LogP contribution in [0.25, 0.3) is 5.57 Å². The van der Waals surface area contributed by atoms with Crippen LogP contribution in [-0.4, -0.2) is 16.8 Å². The average molecular weight is 281 g/mol. The highest BCUT2D eigenvalue weighted by Gasteiger charge is 2.06. The molecule has 0 atom stereocenters. The third-order valence-electron chi connectivity index (χ3n) is 2.34. The van der Waals surface area contributed by atoms with E-state index in [1.54, 1.807) is 19.1 Å². The van der Waals surface area contributed by atoms with Gasteiger partial charge in [-0.05, 0) is 30.7 Å². The summed E-state index contributed by atoms with van der Waals surface area (Å²) in [7, 11) is 0. The van der Waals surface area contributed by atoms with E-state index in [0.717, 1.165) is 5.57 Å². The van der Waals surface area contributed by atoms with Crippen LogP contribution in [0.1, 0.15) is 19.4 Å². The fourth-order valence-corrected chi connectivity index (χ4v) is 1.99. The fourth-order valence-electron chi connectivity index (χ4n) is 1.47. The first-order valence-corrected chi connectivity index (χ1v) is 6.60. The van der Waals surface area contributed by atoms with Gasteiger partial charge >= 0.3 is 0 Å². The summed E-state index contributed by atoms with van der Waals surface area (Å²) >= 11 is 1.17. The number of rotatable bonds is 4. The molecule has 0 saturated carbocycles. The Bertz CT molecular complexity index is 529. The maximum absolute atomic E-state index is 13.7. The summed E-state index contributed by atoms with van der Waals surface area (Å²) in [6, 6.07) is 4.41. The van der Waals surface area contributed by atoms with Gasteiger partial charge in [0.05, 0.1) is 0 Å². The predicted octanol–water partition coefficient (Wildman–Crippen LogP) is 2.81.